The molecule has 0 aliphatic carbocycles. The van der Waals surface area contributed by atoms with Crippen molar-refractivity contribution in [2.45, 2.75) is 13.5 Å². The van der Waals surface area contributed by atoms with Crippen molar-refractivity contribution >= 4 is 34.7 Å². The Morgan fingerprint density at radius 2 is 1.69 bits per heavy atom. The number of anilines is 1. The number of aryl methyl sites for hydroxylation is 1. The molecule has 1 aromatic heterocycles. The van der Waals surface area contributed by atoms with Gasteiger partial charge >= 0.3 is 11.7 Å². The molecule has 1 heterocycles. The molecule has 1 amide bonds. The quantitative estimate of drug-likeness (QED) is 0.159. The Morgan fingerprint density at radius 1 is 1.00 bits per heavy atom. The Bertz CT molecular complexity index is 1490. The highest BCUT2D eigenvalue weighted by Gasteiger charge is 2.17. The SMILES string of the molecule is Cc1cc(=O)oc2cc(NC(=O)OCc3ccc(/N=C/c4c(F)c(F)cc(F)c4F)cc3)ccc12. The van der Waals surface area contributed by atoms with Crippen LogP contribution in [0.2, 0.25) is 0 Å². The number of amides is 1. The molecular formula is C25H16F4N2O4. The van der Waals surface area contributed by atoms with Gasteiger partial charge in [0.2, 0.25) is 0 Å². The Morgan fingerprint density at radius 3 is 2.37 bits per heavy atom. The largest absolute Gasteiger partial charge is 0.444 e. The summed E-state index contributed by atoms with van der Waals surface area (Å²) in [6.07, 6.45) is -0.0661. The van der Waals surface area contributed by atoms with Crippen LogP contribution in [0, 0.1) is 30.2 Å². The van der Waals surface area contributed by atoms with Gasteiger partial charge in [-0.1, -0.05) is 12.1 Å². The van der Waals surface area contributed by atoms with Crippen LogP contribution in [0.15, 0.2) is 68.8 Å². The molecule has 0 radical (unpaired) electrons. The minimum Gasteiger partial charge on any atom is -0.444 e. The summed E-state index contributed by atoms with van der Waals surface area (Å²) in [5.74, 6) is -6.15. The van der Waals surface area contributed by atoms with E-state index in [1.165, 1.54) is 24.3 Å². The number of carbonyl (C=O) groups excluding carboxylic acids is 1. The summed E-state index contributed by atoms with van der Waals surface area (Å²) in [5, 5.41) is 3.27. The van der Waals surface area contributed by atoms with Crippen LogP contribution in [0.1, 0.15) is 16.7 Å². The van der Waals surface area contributed by atoms with Crippen LogP contribution in [0.4, 0.5) is 33.7 Å². The van der Waals surface area contributed by atoms with Crippen molar-refractivity contribution in [2.24, 2.45) is 4.99 Å². The third kappa shape index (κ3) is 5.37. The Labute approximate surface area is 195 Å². The lowest BCUT2D eigenvalue weighted by atomic mass is 10.1. The van der Waals surface area contributed by atoms with Crippen molar-refractivity contribution in [1.29, 1.82) is 0 Å². The zero-order chi connectivity index (χ0) is 25.1. The number of carbonyl (C=O) groups is 1. The fourth-order valence-electron chi connectivity index (χ4n) is 3.23. The molecular weight excluding hydrogens is 468 g/mol. The second-order valence-corrected chi connectivity index (χ2v) is 7.47. The molecule has 3 aromatic carbocycles. The van der Waals surface area contributed by atoms with E-state index in [1.807, 2.05) is 0 Å². The van der Waals surface area contributed by atoms with Crippen molar-refractivity contribution < 1.29 is 31.5 Å². The van der Waals surface area contributed by atoms with E-state index in [0.29, 0.717) is 23.0 Å². The van der Waals surface area contributed by atoms with Gasteiger partial charge in [0.15, 0.2) is 23.3 Å². The lowest BCUT2D eigenvalue weighted by Crippen LogP contribution is -2.13. The normalized spacial score (nSPS) is 11.2. The minimum atomic E-state index is -1.55. The van der Waals surface area contributed by atoms with Crippen LogP contribution in [0.5, 0.6) is 0 Å². The van der Waals surface area contributed by atoms with Gasteiger partial charge in [0.05, 0.1) is 11.3 Å². The summed E-state index contributed by atoms with van der Waals surface area (Å²) < 4.78 is 64.3. The molecule has 0 unspecified atom stereocenters. The molecule has 178 valence electrons. The molecule has 0 aliphatic rings. The number of fused-ring (bicyclic) bond motifs is 1. The van der Waals surface area contributed by atoms with Gasteiger partial charge < -0.3 is 9.15 Å². The summed E-state index contributed by atoms with van der Waals surface area (Å²) in [7, 11) is 0. The van der Waals surface area contributed by atoms with Crippen molar-refractivity contribution in [3.8, 4) is 0 Å². The summed E-state index contributed by atoms with van der Waals surface area (Å²) >= 11 is 0. The zero-order valence-electron chi connectivity index (χ0n) is 18.1. The fourth-order valence-corrected chi connectivity index (χ4v) is 3.23. The Hall–Kier alpha value is -4.47. The second-order valence-electron chi connectivity index (χ2n) is 7.47. The molecule has 4 aromatic rings. The zero-order valence-corrected chi connectivity index (χ0v) is 18.1. The van der Waals surface area contributed by atoms with Gasteiger partial charge in [0.1, 0.15) is 12.2 Å². The maximum Gasteiger partial charge on any atom is 0.411 e. The number of benzene rings is 3. The van der Waals surface area contributed by atoms with E-state index in [9.17, 15) is 27.2 Å². The van der Waals surface area contributed by atoms with Crippen molar-refractivity contribution in [2.75, 3.05) is 5.32 Å². The van der Waals surface area contributed by atoms with Crippen molar-refractivity contribution in [1.82, 2.24) is 0 Å². The first-order valence-electron chi connectivity index (χ1n) is 10.2. The maximum absolute atomic E-state index is 13.7. The third-order valence-electron chi connectivity index (χ3n) is 4.99. The van der Waals surface area contributed by atoms with Gasteiger partial charge in [0, 0.05) is 35.5 Å². The lowest BCUT2D eigenvalue weighted by molar-refractivity contribution is 0.155. The van der Waals surface area contributed by atoms with Crippen molar-refractivity contribution in [3.05, 3.63) is 105 Å². The standard InChI is InChI=1S/C25H16F4N2O4/c1-13-8-22(32)35-21-9-16(6-7-17(13)21)31-25(33)34-12-14-2-4-15(5-3-14)30-11-18-23(28)19(26)10-20(27)24(18)29/h2-11H,12H2,1H3,(H,31,33)/b30-11+. The van der Waals surface area contributed by atoms with E-state index in [1.54, 1.807) is 31.2 Å². The first-order valence-corrected chi connectivity index (χ1v) is 10.2. The first-order chi connectivity index (χ1) is 16.7. The van der Waals surface area contributed by atoms with Gasteiger partial charge in [0.25, 0.3) is 0 Å². The molecule has 0 spiro atoms. The number of hydrogen-bond donors (Lipinski definition) is 1. The highest BCUT2D eigenvalue weighted by molar-refractivity contribution is 5.90. The predicted molar refractivity (Wildman–Crippen MR) is 121 cm³/mol. The third-order valence-corrected chi connectivity index (χ3v) is 4.99. The van der Waals surface area contributed by atoms with Crippen LogP contribution >= 0.6 is 0 Å². The molecule has 4 rings (SSSR count). The Kier molecular flexibility index (Phi) is 6.63. The topological polar surface area (TPSA) is 80.9 Å². The molecule has 35 heavy (non-hydrogen) atoms. The number of aliphatic imine (C=N–C) groups is 1. The summed E-state index contributed by atoms with van der Waals surface area (Å²) in [6.45, 7) is 1.67. The highest BCUT2D eigenvalue weighted by atomic mass is 19.2. The van der Waals surface area contributed by atoms with Crippen molar-refractivity contribution in [3.63, 3.8) is 0 Å². The number of nitrogens with zero attached hydrogens (tertiary/aromatic N) is 1. The number of halogens is 4. The smallest absolute Gasteiger partial charge is 0.411 e. The van der Waals surface area contributed by atoms with E-state index in [4.69, 9.17) is 9.15 Å². The molecule has 0 saturated heterocycles. The van der Waals surface area contributed by atoms with E-state index >= 15 is 0 Å². The van der Waals surface area contributed by atoms with Gasteiger partial charge in [-0.05, 0) is 42.3 Å². The van der Waals surface area contributed by atoms with Crippen LogP contribution < -0.4 is 10.9 Å². The minimum absolute atomic E-state index is 0.101. The van der Waals surface area contributed by atoms with Gasteiger partial charge in [-0.25, -0.2) is 27.2 Å². The van der Waals surface area contributed by atoms with Crippen LogP contribution in [0.25, 0.3) is 11.0 Å². The molecule has 0 fully saturated rings. The molecule has 0 aliphatic heterocycles. The first kappa shape index (κ1) is 23.7. The molecule has 10 heteroatoms. The molecule has 6 nitrogen and oxygen atoms in total. The highest BCUT2D eigenvalue weighted by Crippen LogP contribution is 2.22. The van der Waals surface area contributed by atoms with E-state index < -0.39 is 40.6 Å². The average Bonchev–Trinajstić information content (AvgIpc) is 2.82. The van der Waals surface area contributed by atoms with Crippen LogP contribution in [-0.2, 0) is 11.3 Å². The average molecular weight is 484 g/mol. The second kappa shape index (κ2) is 9.80. The van der Waals surface area contributed by atoms with E-state index in [-0.39, 0.29) is 18.4 Å². The number of rotatable bonds is 5. The van der Waals surface area contributed by atoms with E-state index in [0.717, 1.165) is 10.9 Å². The van der Waals surface area contributed by atoms with Gasteiger partial charge in [-0.15, -0.1) is 0 Å². The summed E-state index contributed by atoms with van der Waals surface area (Å²) in [5.41, 5.74) is 0.828. The number of ether oxygens (including phenoxy) is 1. The molecule has 0 atom stereocenters. The molecule has 0 saturated carbocycles. The number of nitrogens with one attached hydrogen (secondary N) is 1. The monoisotopic (exact) mass is 484 g/mol. The van der Waals surface area contributed by atoms with Crippen LogP contribution in [0.3, 0.4) is 0 Å². The Balaban J connectivity index is 1.37. The molecule has 0 bridgehead atoms. The van der Waals surface area contributed by atoms with Crippen LogP contribution in [-0.4, -0.2) is 12.3 Å². The van der Waals surface area contributed by atoms with Gasteiger partial charge in [-0.3, -0.25) is 10.3 Å². The lowest BCUT2D eigenvalue weighted by Gasteiger charge is -2.08. The molecule has 1 N–H and O–H groups in total. The maximum atomic E-state index is 13.7. The number of hydrogen-bond acceptors (Lipinski definition) is 5. The van der Waals surface area contributed by atoms with Gasteiger partial charge in [-0.2, -0.15) is 0 Å². The summed E-state index contributed by atoms with van der Waals surface area (Å²) in [6, 6.07) is 12.4. The predicted octanol–water partition coefficient (Wildman–Crippen LogP) is 6.16. The van der Waals surface area contributed by atoms with E-state index in [2.05, 4.69) is 10.3 Å². The fraction of sp³-hybridized carbons (Fsp3) is 0.0800. The summed E-state index contributed by atoms with van der Waals surface area (Å²) in [4.78, 5) is 27.5.